The summed E-state index contributed by atoms with van der Waals surface area (Å²) in [6.07, 6.45) is 5.39. The van der Waals surface area contributed by atoms with E-state index in [1.54, 1.807) is 24.3 Å². The fourth-order valence-electron chi connectivity index (χ4n) is 4.63. The van der Waals surface area contributed by atoms with Crippen molar-refractivity contribution in [1.29, 1.82) is 0 Å². The molecule has 0 radical (unpaired) electrons. The molecule has 11 heteroatoms. The monoisotopic (exact) mass is 556 g/mol. The van der Waals surface area contributed by atoms with E-state index >= 15 is 0 Å². The standard InChI is InChI=1S/C27H33ClN6O3S/c1-3-37-24-15-20(34-14-13-18(2)17-34)11-12-22(24)31-27-29-16-21(28)26(32-27)30-23-9-4-5-10-25(23)38(35,36)33-19-7-6-8-19/h4-5,9-12,15-16,18-19,33H,3,6-8,13-14,17H2,1-2H3,(H2,29,30,31,32)/t18-/m0/s1. The fraction of sp³-hybridized carbons (Fsp3) is 0.407. The van der Waals surface area contributed by atoms with Gasteiger partial charge in [-0.25, -0.2) is 18.1 Å². The summed E-state index contributed by atoms with van der Waals surface area (Å²) in [7, 11) is -3.70. The van der Waals surface area contributed by atoms with Crippen molar-refractivity contribution < 1.29 is 13.2 Å². The Labute approximate surface area is 229 Å². The highest BCUT2D eigenvalue weighted by molar-refractivity contribution is 7.89. The van der Waals surface area contributed by atoms with Gasteiger partial charge in [0, 0.05) is 30.9 Å². The maximum atomic E-state index is 13.0. The number of hydrogen-bond donors (Lipinski definition) is 3. The highest BCUT2D eigenvalue weighted by atomic mass is 35.5. The lowest BCUT2D eigenvalue weighted by atomic mass is 9.94. The summed E-state index contributed by atoms with van der Waals surface area (Å²) in [4.78, 5) is 11.4. The number of benzene rings is 2. The number of nitrogens with one attached hydrogen (secondary N) is 3. The summed E-state index contributed by atoms with van der Waals surface area (Å²) in [5.74, 6) is 1.96. The second-order valence-electron chi connectivity index (χ2n) is 9.84. The number of para-hydroxylation sites is 1. The minimum absolute atomic E-state index is 0.0220. The lowest BCUT2D eigenvalue weighted by molar-refractivity contribution is 0.342. The third kappa shape index (κ3) is 5.98. The predicted octanol–water partition coefficient (Wildman–Crippen LogP) is 5.69. The first kappa shape index (κ1) is 26.5. The molecule has 1 aromatic heterocycles. The summed E-state index contributed by atoms with van der Waals surface area (Å²) in [5.41, 5.74) is 2.23. The number of ether oxygens (including phenoxy) is 1. The molecule has 0 amide bonds. The van der Waals surface area contributed by atoms with Crippen LogP contribution < -0.4 is 25.0 Å². The van der Waals surface area contributed by atoms with Gasteiger partial charge >= 0.3 is 0 Å². The van der Waals surface area contributed by atoms with Gasteiger partial charge in [-0.15, -0.1) is 0 Å². The third-order valence-corrected chi connectivity index (χ3v) is 8.76. The van der Waals surface area contributed by atoms with E-state index in [4.69, 9.17) is 16.3 Å². The van der Waals surface area contributed by atoms with Crippen LogP contribution in [-0.4, -0.2) is 44.1 Å². The maximum Gasteiger partial charge on any atom is 0.242 e. The molecule has 2 aromatic carbocycles. The van der Waals surface area contributed by atoms with Crippen molar-refractivity contribution in [2.45, 2.75) is 50.5 Å². The number of halogens is 1. The Hall–Kier alpha value is -3.08. The molecule has 1 aliphatic heterocycles. The first-order chi connectivity index (χ1) is 18.3. The van der Waals surface area contributed by atoms with Crippen LogP contribution in [0.5, 0.6) is 5.75 Å². The highest BCUT2D eigenvalue weighted by Gasteiger charge is 2.27. The van der Waals surface area contributed by atoms with E-state index in [-0.39, 0.29) is 21.8 Å². The van der Waals surface area contributed by atoms with Gasteiger partial charge in [0.2, 0.25) is 16.0 Å². The van der Waals surface area contributed by atoms with Gasteiger partial charge in [0.15, 0.2) is 5.82 Å². The Morgan fingerprint density at radius 1 is 1.11 bits per heavy atom. The molecule has 2 fully saturated rings. The molecule has 5 rings (SSSR count). The molecule has 202 valence electrons. The molecular weight excluding hydrogens is 524 g/mol. The average molecular weight is 557 g/mol. The zero-order chi connectivity index (χ0) is 26.7. The minimum atomic E-state index is -3.70. The molecule has 1 saturated heterocycles. The quantitative estimate of drug-likeness (QED) is 0.292. The Morgan fingerprint density at radius 3 is 2.63 bits per heavy atom. The minimum Gasteiger partial charge on any atom is -0.492 e. The Morgan fingerprint density at radius 2 is 1.92 bits per heavy atom. The Kier molecular flexibility index (Phi) is 7.92. The van der Waals surface area contributed by atoms with Crippen LogP contribution in [0.25, 0.3) is 0 Å². The van der Waals surface area contributed by atoms with E-state index in [9.17, 15) is 8.42 Å². The largest absolute Gasteiger partial charge is 0.492 e. The van der Waals surface area contributed by atoms with Gasteiger partial charge in [0.25, 0.3) is 0 Å². The number of aromatic nitrogens is 2. The van der Waals surface area contributed by atoms with Gasteiger partial charge in [0.05, 0.1) is 24.2 Å². The molecule has 2 heterocycles. The normalized spacial score (nSPS) is 17.8. The van der Waals surface area contributed by atoms with Crippen molar-refractivity contribution in [3.05, 3.63) is 53.7 Å². The molecule has 1 atom stereocenters. The average Bonchev–Trinajstić information content (AvgIpc) is 3.31. The summed E-state index contributed by atoms with van der Waals surface area (Å²) in [6, 6.07) is 12.7. The van der Waals surface area contributed by atoms with Gasteiger partial charge in [-0.1, -0.05) is 37.1 Å². The number of hydrogen-bond acceptors (Lipinski definition) is 8. The van der Waals surface area contributed by atoms with Gasteiger partial charge < -0.3 is 20.3 Å². The van der Waals surface area contributed by atoms with Crippen LogP contribution in [-0.2, 0) is 10.0 Å². The zero-order valence-electron chi connectivity index (χ0n) is 21.6. The molecule has 9 nitrogen and oxygen atoms in total. The van der Waals surface area contributed by atoms with Crippen molar-refractivity contribution in [3.63, 3.8) is 0 Å². The lowest BCUT2D eigenvalue weighted by Crippen LogP contribution is -2.39. The van der Waals surface area contributed by atoms with Crippen molar-refractivity contribution in [1.82, 2.24) is 14.7 Å². The first-order valence-corrected chi connectivity index (χ1v) is 14.9. The SMILES string of the molecule is CCOc1cc(N2CC[C@H](C)C2)ccc1Nc1ncc(Cl)c(Nc2ccccc2S(=O)(=O)NC2CCC2)n1. The molecule has 3 N–H and O–H groups in total. The van der Waals surface area contributed by atoms with Gasteiger partial charge in [-0.2, -0.15) is 4.98 Å². The van der Waals surface area contributed by atoms with Crippen molar-refractivity contribution in [3.8, 4) is 5.75 Å². The van der Waals surface area contributed by atoms with Crippen LogP contribution in [0.1, 0.15) is 39.5 Å². The molecule has 0 unspecified atom stereocenters. The zero-order valence-corrected chi connectivity index (χ0v) is 23.1. The van der Waals surface area contributed by atoms with E-state index in [0.717, 1.165) is 43.7 Å². The Balaban J connectivity index is 1.38. The molecule has 38 heavy (non-hydrogen) atoms. The molecule has 0 spiro atoms. The summed E-state index contributed by atoms with van der Waals surface area (Å²) >= 11 is 6.41. The molecule has 1 saturated carbocycles. The first-order valence-electron chi connectivity index (χ1n) is 13.0. The van der Waals surface area contributed by atoms with Crippen molar-refractivity contribution in [2.75, 3.05) is 35.2 Å². The number of anilines is 5. The summed E-state index contributed by atoms with van der Waals surface area (Å²) in [5, 5.41) is 6.58. The van der Waals surface area contributed by atoms with Gasteiger partial charge in [-0.05, 0) is 56.4 Å². The van der Waals surface area contributed by atoms with E-state index < -0.39 is 10.0 Å². The summed E-state index contributed by atoms with van der Waals surface area (Å²) in [6.45, 7) is 6.79. The molecule has 2 aliphatic rings. The predicted molar refractivity (Wildman–Crippen MR) is 152 cm³/mol. The van der Waals surface area contributed by atoms with Crippen LogP contribution in [0.3, 0.4) is 0 Å². The second-order valence-corrected chi connectivity index (χ2v) is 11.9. The number of rotatable bonds is 10. The number of nitrogens with zero attached hydrogens (tertiary/aromatic N) is 3. The van der Waals surface area contributed by atoms with Crippen LogP contribution in [0, 0.1) is 5.92 Å². The van der Waals surface area contributed by atoms with Gasteiger partial charge in [0.1, 0.15) is 15.7 Å². The van der Waals surface area contributed by atoms with Crippen LogP contribution in [0.15, 0.2) is 53.6 Å². The van der Waals surface area contributed by atoms with Gasteiger partial charge in [-0.3, -0.25) is 0 Å². The molecular formula is C27H33ClN6O3S. The van der Waals surface area contributed by atoms with E-state index in [0.29, 0.717) is 29.9 Å². The van der Waals surface area contributed by atoms with Crippen LogP contribution in [0.2, 0.25) is 5.02 Å². The maximum absolute atomic E-state index is 13.0. The number of sulfonamides is 1. The smallest absolute Gasteiger partial charge is 0.242 e. The van der Waals surface area contributed by atoms with E-state index in [2.05, 4.69) is 43.2 Å². The lowest BCUT2D eigenvalue weighted by Gasteiger charge is -2.26. The second kappa shape index (κ2) is 11.3. The highest BCUT2D eigenvalue weighted by Crippen LogP contribution is 2.35. The van der Waals surface area contributed by atoms with Crippen molar-refractivity contribution in [2.24, 2.45) is 5.92 Å². The molecule has 1 aliphatic carbocycles. The van der Waals surface area contributed by atoms with Crippen molar-refractivity contribution >= 4 is 50.5 Å². The van der Waals surface area contributed by atoms with Crippen LogP contribution >= 0.6 is 11.6 Å². The molecule has 3 aromatic rings. The third-order valence-electron chi connectivity index (χ3n) is 6.90. The molecule has 0 bridgehead atoms. The topological polar surface area (TPSA) is 108 Å². The Bertz CT molecular complexity index is 1400. The van der Waals surface area contributed by atoms with Crippen LogP contribution in [0.4, 0.5) is 28.8 Å². The van der Waals surface area contributed by atoms with E-state index in [1.807, 2.05) is 19.1 Å². The fourth-order valence-corrected chi connectivity index (χ4v) is 6.24. The van der Waals surface area contributed by atoms with E-state index in [1.165, 1.54) is 12.6 Å². The summed E-state index contributed by atoms with van der Waals surface area (Å²) < 4.78 is 34.8.